The lowest BCUT2D eigenvalue weighted by atomic mass is 10.2. The third-order valence-electron chi connectivity index (χ3n) is 3.00. The highest BCUT2D eigenvalue weighted by Crippen LogP contribution is 2.35. The number of rotatable bonds is 2. The lowest BCUT2D eigenvalue weighted by Gasteiger charge is -2.04. The molecule has 0 atom stereocenters. The maximum Gasteiger partial charge on any atom is 0.267 e. The van der Waals surface area contributed by atoms with E-state index in [1.165, 1.54) is 11.3 Å². The van der Waals surface area contributed by atoms with Gasteiger partial charge in [-0.25, -0.2) is 0 Å². The average Bonchev–Trinajstić information content (AvgIpc) is 2.78. The number of hydrogen-bond acceptors (Lipinski definition) is 3. The zero-order chi connectivity index (χ0) is 15.0. The van der Waals surface area contributed by atoms with Crippen LogP contribution in [0.25, 0.3) is 10.1 Å². The van der Waals surface area contributed by atoms with E-state index in [1.807, 2.05) is 36.4 Å². The molecule has 0 spiro atoms. The molecule has 0 fully saturated rings. The molecule has 0 radical (unpaired) electrons. The van der Waals surface area contributed by atoms with Crippen molar-refractivity contribution in [3.05, 3.63) is 56.8 Å². The number of fused-ring (bicyclic) bond motifs is 1. The minimum Gasteiger partial charge on any atom is -0.397 e. The minimum absolute atomic E-state index is 0.216. The van der Waals surface area contributed by atoms with Gasteiger partial charge in [-0.3, -0.25) is 4.79 Å². The Bertz CT molecular complexity index is 830. The van der Waals surface area contributed by atoms with Crippen LogP contribution in [-0.4, -0.2) is 5.91 Å². The molecule has 3 aromatic rings. The number of benzene rings is 2. The fourth-order valence-corrected chi connectivity index (χ4v) is 3.54. The molecular formula is C15H10BrClN2OS. The maximum absolute atomic E-state index is 12.3. The highest BCUT2D eigenvalue weighted by molar-refractivity contribution is 9.10. The van der Waals surface area contributed by atoms with Gasteiger partial charge in [0.25, 0.3) is 5.91 Å². The molecule has 6 heteroatoms. The molecule has 0 aliphatic heterocycles. The van der Waals surface area contributed by atoms with Crippen LogP contribution < -0.4 is 11.1 Å². The molecule has 0 bridgehead atoms. The number of anilines is 2. The summed E-state index contributed by atoms with van der Waals surface area (Å²) >= 11 is 10.7. The molecule has 3 nitrogen and oxygen atoms in total. The van der Waals surface area contributed by atoms with Crippen LogP contribution in [0.3, 0.4) is 0 Å². The zero-order valence-corrected chi connectivity index (χ0v) is 13.8. The molecule has 106 valence electrons. The topological polar surface area (TPSA) is 55.1 Å². The predicted octanol–water partition coefficient (Wildman–Crippen LogP) is 5.15. The van der Waals surface area contributed by atoms with Gasteiger partial charge in [0.1, 0.15) is 4.88 Å². The van der Waals surface area contributed by atoms with Gasteiger partial charge in [-0.05, 0) is 42.5 Å². The van der Waals surface area contributed by atoms with E-state index >= 15 is 0 Å². The van der Waals surface area contributed by atoms with Crippen LogP contribution in [0.15, 0.2) is 46.9 Å². The Kier molecular flexibility index (Phi) is 3.89. The number of halogens is 2. The second kappa shape index (κ2) is 5.67. The van der Waals surface area contributed by atoms with E-state index < -0.39 is 0 Å². The first-order chi connectivity index (χ1) is 10.0. The molecule has 1 amide bonds. The fraction of sp³-hybridized carbons (Fsp3) is 0. The highest BCUT2D eigenvalue weighted by Gasteiger charge is 2.16. The number of amides is 1. The maximum atomic E-state index is 12.3. The number of hydrogen-bond donors (Lipinski definition) is 2. The largest absolute Gasteiger partial charge is 0.397 e. The SMILES string of the molecule is Nc1c(C(=O)Nc2ccc(Br)cc2)sc2cc(Cl)ccc12. The van der Waals surface area contributed by atoms with Gasteiger partial charge < -0.3 is 11.1 Å². The number of nitrogen functional groups attached to an aromatic ring is 1. The molecule has 0 aliphatic rings. The first kappa shape index (κ1) is 14.4. The third-order valence-corrected chi connectivity index (χ3v) is 4.93. The molecule has 0 unspecified atom stereocenters. The van der Waals surface area contributed by atoms with Gasteiger partial charge in [0, 0.05) is 25.3 Å². The van der Waals surface area contributed by atoms with Crippen molar-refractivity contribution in [3.63, 3.8) is 0 Å². The van der Waals surface area contributed by atoms with Crippen molar-refractivity contribution in [2.75, 3.05) is 11.1 Å². The predicted molar refractivity (Wildman–Crippen MR) is 93.3 cm³/mol. The summed E-state index contributed by atoms with van der Waals surface area (Å²) in [7, 11) is 0. The van der Waals surface area contributed by atoms with Gasteiger partial charge in [0.2, 0.25) is 0 Å². The van der Waals surface area contributed by atoms with E-state index in [9.17, 15) is 4.79 Å². The van der Waals surface area contributed by atoms with Crippen LogP contribution in [0.4, 0.5) is 11.4 Å². The number of thiophene rings is 1. The Labute approximate surface area is 138 Å². The lowest BCUT2D eigenvalue weighted by molar-refractivity contribution is 0.103. The van der Waals surface area contributed by atoms with Gasteiger partial charge in [0.15, 0.2) is 0 Å². The zero-order valence-electron chi connectivity index (χ0n) is 10.7. The summed E-state index contributed by atoms with van der Waals surface area (Å²) < 4.78 is 1.86. The van der Waals surface area contributed by atoms with E-state index in [2.05, 4.69) is 21.2 Å². The van der Waals surface area contributed by atoms with Crippen LogP contribution in [0, 0.1) is 0 Å². The molecule has 3 N–H and O–H groups in total. The van der Waals surface area contributed by atoms with Crippen LogP contribution in [0.5, 0.6) is 0 Å². The standard InChI is InChI=1S/C15H10BrClN2OS/c16-8-1-4-10(5-2-8)19-15(20)14-13(18)11-6-3-9(17)7-12(11)21-14/h1-7H,18H2,(H,19,20). The van der Waals surface area contributed by atoms with Crippen molar-refractivity contribution >= 4 is 66.2 Å². The molecule has 0 aliphatic carbocycles. The highest BCUT2D eigenvalue weighted by atomic mass is 79.9. The van der Waals surface area contributed by atoms with E-state index in [-0.39, 0.29) is 5.91 Å². The minimum atomic E-state index is -0.216. The monoisotopic (exact) mass is 380 g/mol. The quantitative estimate of drug-likeness (QED) is 0.645. The van der Waals surface area contributed by atoms with Crippen molar-refractivity contribution < 1.29 is 4.79 Å². The van der Waals surface area contributed by atoms with Crippen LogP contribution in [-0.2, 0) is 0 Å². The molecule has 2 aromatic carbocycles. The van der Waals surface area contributed by atoms with Crippen LogP contribution in [0.1, 0.15) is 9.67 Å². The number of nitrogens with one attached hydrogen (secondary N) is 1. The second-order valence-electron chi connectivity index (χ2n) is 4.45. The molecule has 1 heterocycles. The van der Waals surface area contributed by atoms with E-state index in [4.69, 9.17) is 17.3 Å². The number of carbonyl (C=O) groups is 1. The van der Waals surface area contributed by atoms with Crippen LogP contribution >= 0.6 is 38.9 Å². The molecule has 0 saturated carbocycles. The Morgan fingerprint density at radius 2 is 1.90 bits per heavy atom. The van der Waals surface area contributed by atoms with Crippen molar-refractivity contribution in [1.29, 1.82) is 0 Å². The fourth-order valence-electron chi connectivity index (χ4n) is 1.98. The average molecular weight is 382 g/mol. The Balaban J connectivity index is 1.94. The molecular weight excluding hydrogens is 372 g/mol. The first-order valence-electron chi connectivity index (χ1n) is 6.09. The van der Waals surface area contributed by atoms with Gasteiger partial charge in [0.05, 0.1) is 5.69 Å². The summed E-state index contributed by atoms with van der Waals surface area (Å²) in [5, 5.41) is 4.32. The lowest BCUT2D eigenvalue weighted by Crippen LogP contribution is -2.11. The molecule has 3 rings (SSSR count). The Morgan fingerprint density at radius 1 is 1.19 bits per heavy atom. The smallest absolute Gasteiger partial charge is 0.267 e. The summed E-state index contributed by atoms with van der Waals surface area (Å²) in [5.41, 5.74) is 7.27. The summed E-state index contributed by atoms with van der Waals surface area (Å²) in [6.07, 6.45) is 0. The van der Waals surface area contributed by atoms with E-state index in [0.717, 1.165) is 20.2 Å². The van der Waals surface area contributed by atoms with Gasteiger partial charge >= 0.3 is 0 Å². The summed E-state index contributed by atoms with van der Waals surface area (Å²) in [6, 6.07) is 12.8. The summed E-state index contributed by atoms with van der Waals surface area (Å²) in [5.74, 6) is -0.216. The van der Waals surface area contributed by atoms with Gasteiger partial charge in [-0.1, -0.05) is 27.5 Å². The molecule has 21 heavy (non-hydrogen) atoms. The molecule has 0 saturated heterocycles. The second-order valence-corrected chi connectivity index (χ2v) is 6.85. The summed E-state index contributed by atoms with van der Waals surface area (Å²) in [6.45, 7) is 0. The van der Waals surface area contributed by atoms with Gasteiger partial charge in [-0.2, -0.15) is 0 Å². The normalized spacial score (nSPS) is 10.8. The number of carbonyl (C=O) groups excluding carboxylic acids is 1. The van der Waals surface area contributed by atoms with E-state index in [0.29, 0.717) is 15.6 Å². The number of nitrogens with two attached hydrogens (primary N) is 1. The van der Waals surface area contributed by atoms with Crippen molar-refractivity contribution in [2.24, 2.45) is 0 Å². The summed E-state index contributed by atoms with van der Waals surface area (Å²) in [4.78, 5) is 12.8. The van der Waals surface area contributed by atoms with E-state index in [1.54, 1.807) is 6.07 Å². The van der Waals surface area contributed by atoms with Crippen molar-refractivity contribution in [2.45, 2.75) is 0 Å². The van der Waals surface area contributed by atoms with Crippen molar-refractivity contribution in [3.8, 4) is 0 Å². The Hall–Kier alpha value is -1.56. The Morgan fingerprint density at radius 3 is 2.62 bits per heavy atom. The van der Waals surface area contributed by atoms with Crippen LogP contribution in [0.2, 0.25) is 5.02 Å². The molecule has 1 aromatic heterocycles. The van der Waals surface area contributed by atoms with Gasteiger partial charge in [-0.15, -0.1) is 11.3 Å². The van der Waals surface area contributed by atoms with Crippen molar-refractivity contribution in [1.82, 2.24) is 0 Å². The first-order valence-corrected chi connectivity index (χ1v) is 8.08. The third kappa shape index (κ3) is 2.90.